The standard InChI is InChI=1S/C23H26N2.2BrH.2H2O/c1-15(2)25(16(3)4)23-19-11-7-8-12-21(19)24-22-18-10-6-5-9-17(18)13-14-20(22)23;;;;/h5-12,15-16H,13-14H2,1-4H3;2*1H;2*1H2. The van der Waals surface area contributed by atoms with Crippen LogP contribution in [0.25, 0.3) is 22.2 Å². The summed E-state index contributed by atoms with van der Waals surface area (Å²) in [7, 11) is 0. The van der Waals surface area contributed by atoms with Gasteiger partial charge in [0.2, 0.25) is 0 Å². The second-order valence-electron chi connectivity index (χ2n) is 7.56. The molecule has 4 N–H and O–H groups in total. The van der Waals surface area contributed by atoms with Gasteiger partial charge in [-0.05, 0) is 52.2 Å². The van der Waals surface area contributed by atoms with Crippen LogP contribution in [0.3, 0.4) is 0 Å². The van der Waals surface area contributed by atoms with E-state index < -0.39 is 0 Å². The van der Waals surface area contributed by atoms with E-state index in [9.17, 15) is 0 Å². The van der Waals surface area contributed by atoms with E-state index in [-0.39, 0.29) is 44.9 Å². The first kappa shape index (κ1) is 27.5. The molecule has 0 amide bonds. The fourth-order valence-corrected chi connectivity index (χ4v) is 4.33. The summed E-state index contributed by atoms with van der Waals surface area (Å²) < 4.78 is 0. The van der Waals surface area contributed by atoms with Crippen LogP contribution in [-0.4, -0.2) is 28.0 Å². The SMILES string of the molecule is Br.Br.CC(C)N(c1c2c(nc3ccccc13)-c1ccccc1CC2)C(C)C.O.O. The lowest BCUT2D eigenvalue weighted by Gasteiger charge is -2.37. The number of aromatic nitrogens is 1. The number of benzene rings is 2. The van der Waals surface area contributed by atoms with Crippen LogP contribution in [0.1, 0.15) is 38.8 Å². The summed E-state index contributed by atoms with van der Waals surface area (Å²) in [5, 5.41) is 1.28. The molecule has 160 valence electrons. The Balaban J connectivity index is 0.00000196. The Morgan fingerprint density at radius 3 is 2.03 bits per heavy atom. The Morgan fingerprint density at radius 2 is 1.38 bits per heavy atom. The smallest absolute Gasteiger partial charge is 0.0765 e. The van der Waals surface area contributed by atoms with E-state index in [1.54, 1.807) is 0 Å². The molecule has 0 radical (unpaired) electrons. The van der Waals surface area contributed by atoms with Gasteiger partial charge in [0.1, 0.15) is 0 Å². The van der Waals surface area contributed by atoms with Gasteiger partial charge in [-0.1, -0.05) is 42.5 Å². The second kappa shape index (κ2) is 11.1. The van der Waals surface area contributed by atoms with Gasteiger partial charge >= 0.3 is 0 Å². The Kier molecular flexibility index (Phi) is 10.5. The molecule has 0 saturated carbocycles. The second-order valence-corrected chi connectivity index (χ2v) is 7.56. The van der Waals surface area contributed by atoms with Crippen molar-refractivity contribution in [3.63, 3.8) is 0 Å². The van der Waals surface area contributed by atoms with Crippen molar-refractivity contribution in [2.24, 2.45) is 0 Å². The summed E-state index contributed by atoms with van der Waals surface area (Å²) in [6.45, 7) is 9.16. The molecule has 0 atom stereocenters. The minimum Gasteiger partial charge on any atom is -0.412 e. The van der Waals surface area contributed by atoms with E-state index in [0.29, 0.717) is 12.1 Å². The summed E-state index contributed by atoms with van der Waals surface area (Å²) >= 11 is 0. The van der Waals surface area contributed by atoms with Crippen molar-refractivity contribution in [1.82, 2.24) is 4.98 Å². The molecule has 1 heterocycles. The molecule has 2 aromatic carbocycles. The van der Waals surface area contributed by atoms with Gasteiger partial charge in [-0.15, -0.1) is 34.0 Å². The maximum absolute atomic E-state index is 5.09. The van der Waals surface area contributed by atoms with E-state index in [0.717, 1.165) is 18.4 Å². The zero-order valence-electron chi connectivity index (χ0n) is 17.4. The molecule has 0 saturated heterocycles. The van der Waals surface area contributed by atoms with Gasteiger partial charge in [0, 0.05) is 28.6 Å². The van der Waals surface area contributed by atoms with Gasteiger partial charge < -0.3 is 15.9 Å². The average molecular weight is 528 g/mol. The van der Waals surface area contributed by atoms with Crippen molar-refractivity contribution in [3.05, 3.63) is 59.7 Å². The molecule has 6 heteroatoms. The Hall–Kier alpha value is -1.47. The fourth-order valence-electron chi connectivity index (χ4n) is 4.33. The number of para-hydroxylation sites is 1. The summed E-state index contributed by atoms with van der Waals surface area (Å²) in [6, 6.07) is 18.3. The molecule has 1 aliphatic rings. The number of rotatable bonds is 3. The number of halogens is 2. The molecule has 1 aliphatic carbocycles. The number of nitrogens with zero attached hydrogens (tertiary/aromatic N) is 2. The number of hydrogen-bond donors (Lipinski definition) is 0. The van der Waals surface area contributed by atoms with Crippen LogP contribution >= 0.6 is 34.0 Å². The summed E-state index contributed by atoms with van der Waals surface area (Å²) in [4.78, 5) is 7.66. The molecule has 0 aliphatic heterocycles. The van der Waals surface area contributed by atoms with Gasteiger partial charge in [0.25, 0.3) is 0 Å². The molecule has 0 unspecified atom stereocenters. The molecule has 29 heavy (non-hydrogen) atoms. The molecule has 0 fully saturated rings. The average Bonchev–Trinajstić information content (AvgIpc) is 2.60. The highest BCUT2D eigenvalue weighted by atomic mass is 79.9. The molecule has 4 rings (SSSR count). The molecule has 1 aromatic heterocycles. The molecule has 0 bridgehead atoms. The minimum atomic E-state index is 0. The Labute approximate surface area is 194 Å². The van der Waals surface area contributed by atoms with Crippen LogP contribution in [0.2, 0.25) is 0 Å². The first-order chi connectivity index (χ1) is 12.1. The quantitative estimate of drug-likeness (QED) is 0.473. The van der Waals surface area contributed by atoms with E-state index in [1.807, 2.05) is 0 Å². The Bertz CT molecular complexity index is 937. The number of pyridine rings is 1. The number of aryl methyl sites for hydroxylation is 1. The monoisotopic (exact) mass is 526 g/mol. The van der Waals surface area contributed by atoms with E-state index in [2.05, 4.69) is 81.1 Å². The summed E-state index contributed by atoms with van der Waals surface area (Å²) in [5.41, 5.74) is 7.81. The number of hydrogen-bond acceptors (Lipinski definition) is 2. The third-order valence-electron chi connectivity index (χ3n) is 5.25. The minimum absolute atomic E-state index is 0. The first-order valence-electron chi connectivity index (χ1n) is 9.36. The van der Waals surface area contributed by atoms with Gasteiger partial charge in [-0.3, -0.25) is 0 Å². The van der Waals surface area contributed by atoms with Gasteiger partial charge in [-0.2, -0.15) is 0 Å². The van der Waals surface area contributed by atoms with E-state index in [1.165, 1.54) is 33.5 Å². The highest BCUT2D eigenvalue weighted by molar-refractivity contribution is 8.93. The van der Waals surface area contributed by atoms with Gasteiger partial charge in [0.15, 0.2) is 0 Å². The number of fused-ring (bicyclic) bond motifs is 4. The van der Waals surface area contributed by atoms with Crippen LogP contribution in [0.5, 0.6) is 0 Å². The van der Waals surface area contributed by atoms with Crippen molar-refractivity contribution in [2.45, 2.75) is 52.6 Å². The van der Waals surface area contributed by atoms with Crippen LogP contribution in [0, 0.1) is 0 Å². The van der Waals surface area contributed by atoms with Crippen LogP contribution in [-0.2, 0) is 12.8 Å². The molecule has 0 spiro atoms. The van der Waals surface area contributed by atoms with Crippen LogP contribution in [0.4, 0.5) is 5.69 Å². The van der Waals surface area contributed by atoms with Crippen molar-refractivity contribution in [2.75, 3.05) is 4.90 Å². The molecular weight excluding hydrogens is 496 g/mol. The molecule has 3 aromatic rings. The topological polar surface area (TPSA) is 79.1 Å². The number of anilines is 1. The Morgan fingerprint density at radius 1 is 0.793 bits per heavy atom. The van der Waals surface area contributed by atoms with Crippen molar-refractivity contribution in [1.29, 1.82) is 0 Å². The van der Waals surface area contributed by atoms with Crippen molar-refractivity contribution >= 4 is 50.6 Å². The molecule has 4 nitrogen and oxygen atoms in total. The lowest BCUT2D eigenvalue weighted by Crippen LogP contribution is -2.38. The summed E-state index contributed by atoms with van der Waals surface area (Å²) in [6.07, 6.45) is 2.16. The maximum Gasteiger partial charge on any atom is 0.0765 e. The predicted molar refractivity (Wildman–Crippen MR) is 135 cm³/mol. The van der Waals surface area contributed by atoms with Crippen molar-refractivity contribution < 1.29 is 11.0 Å². The highest BCUT2D eigenvalue weighted by Crippen LogP contribution is 2.42. The van der Waals surface area contributed by atoms with Gasteiger partial charge in [0.05, 0.1) is 16.9 Å². The maximum atomic E-state index is 5.09. The zero-order chi connectivity index (χ0) is 17.6. The van der Waals surface area contributed by atoms with Gasteiger partial charge in [-0.25, -0.2) is 4.98 Å². The predicted octanol–water partition coefficient (Wildman–Crippen LogP) is 5.13. The third-order valence-corrected chi connectivity index (χ3v) is 5.25. The highest BCUT2D eigenvalue weighted by Gasteiger charge is 2.27. The third kappa shape index (κ3) is 4.82. The zero-order valence-corrected chi connectivity index (χ0v) is 20.8. The summed E-state index contributed by atoms with van der Waals surface area (Å²) in [5.74, 6) is 0. The van der Waals surface area contributed by atoms with Crippen LogP contribution < -0.4 is 4.90 Å². The fraction of sp³-hybridized carbons (Fsp3) is 0.348. The lowest BCUT2D eigenvalue weighted by atomic mass is 9.86. The van der Waals surface area contributed by atoms with Crippen molar-refractivity contribution in [3.8, 4) is 11.3 Å². The van der Waals surface area contributed by atoms with Crippen LogP contribution in [0.15, 0.2) is 48.5 Å². The van der Waals surface area contributed by atoms with E-state index >= 15 is 0 Å². The normalized spacial score (nSPS) is 11.4. The largest absolute Gasteiger partial charge is 0.412 e. The molecular formula is C23H32Br2N2O2. The van der Waals surface area contributed by atoms with E-state index in [4.69, 9.17) is 4.98 Å². The lowest BCUT2D eigenvalue weighted by molar-refractivity contribution is 0.606. The first-order valence-corrected chi connectivity index (χ1v) is 9.36.